The van der Waals surface area contributed by atoms with Gasteiger partial charge in [0.05, 0.1) is 19.8 Å². The molecule has 0 radical (unpaired) electrons. The maximum atomic E-state index is 12.6. The number of halogens is 1. The highest BCUT2D eigenvalue weighted by molar-refractivity contribution is 6.06. The van der Waals surface area contributed by atoms with Crippen LogP contribution in [0.1, 0.15) is 40.7 Å². The lowest BCUT2D eigenvalue weighted by Crippen LogP contribution is -2.28. The number of H-pyrrole nitrogens is 1. The fraction of sp³-hybridized carbons (Fsp3) is 0.375. The first-order chi connectivity index (χ1) is 14.7. The van der Waals surface area contributed by atoms with Gasteiger partial charge in [0.25, 0.3) is 5.91 Å². The molecule has 0 aliphatic carbocycles. The molecular weight excluding hydrogens is 414 g/mol. The zero-order valence-corrected chi connectivity index (χ0v) is 18.7. The summed E-state index contributed by atoms with van der Waals surface area (Å²) in [6.45, 7) is 3.80. The Hall–Kier alpha value is -2.70. The molecule has 6 nitrogen and oxygen atoms in total. The number of hydrogen-bond acceptors (Lipinski definition) is 4. The molecule has 2 N–H and O–H groups in total. The van der Waals surface area contributed by atoms with Crippen molar-refractivity contribution in [1.82, 2.24) is 15.2 Å². The predicted octanol–water partition coefficient (Wildman–Crippen LogP) is 4.50. The highest BCUT2D eigenvalue weighted by Crippen LogP contribution is 2.42. The summed E-state index contributed by atoms with van der Waals surface area (Å²) in [6, 6.07) is 10.6. The maximum absolute atomic E-state index is 12.6. The number of likely N-dealkylation sites (tertiary alicyclic amines) is 1. The Morgan fingerprint density at radius 1 is 1.03 bits per heavy atom. The number of aromatic amines is 1. The Morgan fingerprint density at radius 3 is 2.58 bits per heavy atom. The van der Waals surface area contributed by atoms with Gasteiger partial charge in [0.1, 0.15) is 0 Å². The summed E-state index contributed by atoms with van der Waals surface area (Å²) in [6.07, 6.45) is 3.94. The molecule has 7 heteroatoms. The van der Waals surface area contributed by atoms with Gasteiger partial charge < -0.3 is 19.8 Å². The molecule has 0 spiro atoms. The molecule has 164 valence electrons. The molecule has 1 aromatic heterocycles. The molecule has 3 aromatic rings. The normalized spacial score (nSPS) is 16.0. The van der Waals surface area contributed by atoms with E-state index in [-0.39, 0.29) is 18.3 Å². The zero-order chi connectivity index (χ0) is 20.7. The first-order valence-electron chi connectivity index (χ1n) is 10.6. The third-order valence-electron chi connectivity index (χ3n) is 6.25. The Kier molecular flexibility index (Phi) is 6.12. The lowest BCUT2D eigenvalue weighted by atomic mass is 9.98. The summed E-state index contributed by atoms with van der Waals surface area (Å²) in [5.74, 6) is 1.17. The van der Waals surface area contributed by atoms with Gasteiger partial charge in [-0.2, -0.15) is 0 Å². The second kappa shape index (κ2) is 8.81. The third-order valence-corrected chi connectivity index (χ3v) is 6.25. The van der Waals surface area contributed by atoms with Crippen molar-refractivity contribution in [1.29, 1.82) is 0 Å². The number of nitrogens with one attached hydrogen (secondary N) is 2. The zero-order valence-electron chi connectivity index (χ0n) is 17.9. The van der Waals surface area contributed by atoms with Crippen LogP contribution in [0.25, 0.3) is 22.2 Å². The summed E-state index contributed by atoms with van der Waals surface area (Å²) < 4.78 is 11.1. The van der Waals surface area contributed by atoms with Gasteiger partial charge in [-0.15, -0.1) is 12.4 Å². The molecule has 1 amide bonds. The van der Waals surface area contributed by atoms with Gasteiger partial charge in [-0.25, -0.2) is 0 Å². The quantitative estimate of drug-likeness (QED) is 0.611. The summed E-state index contributed by atoms with van der Waals surface area (Å²) >= 11 is 0. The fourth-order valence-electron chi connectivity index (χ4n) is 4.77. The average Bonchev–Trinajstić information content (AvgIpc) is 3.37. The molecule has 0 atom stereocenters. The SMILES string of the molecule is COc1cc(-c2cc3cc(CN4CCCCC4)ccc3[nH]2)c2c(c1OC)CNC2=O.Cl. The van der Waals surface area contributed by atoms with E-state index in [1.807, 2.05) is 6.07 Å². The largest absolute Gasteiger partial charge is 0.493 e. The molecule has 0 saturated carbocycles. The minimum Gasteiger partial charge on any atom is -0.493 e. The number of carbonyl (C=O) groups excluding carboxylic acids is 1. The number of rotatable bonds is 5. The molecule has 0 unspecified atom stereocenters. The van der Waals surface area contributed by atoms with Gasteiger partial charge in [0, 0.05) is 40.8 Å². The van der Waals surface area contributed by atoms with Crippen LogP contribution >= 0.6 is 12.4 Å². The Morgan fingerprint density at radius 2 is 1.84 bits per heavy atom. The van der Waals surface area contributed by atoms with Crippen LogP contribution in [-0.2, 0) is 13.1 Å². The van der Waals surface area contributed by atoms with E-state index in [2.05, 4.69) is 39.5 Å². The van der Waals surface area contributed by atoms with E-state index in [9.17, 15) is 4.79 Å². The molecule has 0 bridgehead atoms. The number of ether oxygens (including phenoxy) is 2. The summed E-state index contributed by atoms with van der Waals surface area (Å²) in [5.41, 5.74) is 5.65. The van der Waals surface area contributed by atoms with Gasteiger partial charge in [0.15, 0.2) is 11.5 Å². The first kappa shape index (κ1) is 21.5. The highest BCUT2D eigenvalue weighted by Gasteiger charge is 2.30. The van der Waals surface area contributed by atoms with Crippen molar-refractivity contribution in [3.63, 3.8) is 0 Å². The molecule has 2 aliphatic rings. The van der Waals surface area contributed by atoms with Crippen LogP contribution in [0.4, 0.5) is 0 Å². The average molecular weight is 442 g/mol. The molecule has 3 heterocycles. The maximum Gasteiger partial charge on any atom is 0.252 e. The van der Waals surface area contributed by atoms with Crippen LogP contribution in [0.2, 0.25) is 0 Å². The summed E-state index contributed by atoms with van der Waals surface area (Å²) in [4.78, 5) is 18.6. The number of methoxy groups -OCH3 is 2. The Labute approximate surface area is 188 Å². The van der Waals surface area contributed by atoms with Crippen molar-refractivity contribution in [2.75, 3.05) is 27.3 Å². The van der Waals surface area contributed by atoms with E-state index in [0.717, 1.165) is 34.3 Å². The van der Waals surface area contributed by atoms with E-state index >= 15 is 0 Å². The van der Waals surface area contributed by atoms with Gasteiger partial charge in [0.2, 0.25) is 0 Å². The molecule has 1 fully saturated rings. The van der Waals surface area contributed by atoms with Crippen molar-refractivity contribution in [3.05, 3.63) is 47.0 Å². The van der Waals surface area contributed by atoms with Crippen LogP contribution in [0.15, 0.2) is 30.3 Å². The van der Waals surface area contributed by atoms with Crippen molar-refractivity contribution >= 4 is 29.2 Å². The number of nitrogens with zero attached hydrogens (tertiary/aromatic N) is 1. The minimum atomic E-state index is -0.0783. The minimum absolute atomic E-state index is 0. The lowest BCUT2D eigenvalue weighted by Gasteiger charge is -2.26. The molecule has 31 heavy (non-hydrogen) atoms. The number of aromatic nitrogens is 1. The van der Waals surface area contributed by atoms with Gasteiger partial charge in [-0.05, 0) is 55.8 Å². The van der Waals surface area contributed by atoms with Crippen LogP contribution in [0.3, 0.4) is 0 Å². The molecule has 5 rings (SSSR count). The topological polar surface area (TPSA) is 66.6 Å². The molecule has 1 saturated heterocycles. The summed E-state index contributed by atoms with van der Waals surface area (Å²) in [7, 11) is 3.23. The lowest BCUT2D eigenvalue weighted by molar-refractivity contribution is 0.0966. The number of fused-ring (bicyclic) bond motifs is 2. The van der Waals surface area contributed by atoms with Crippen LogP contribution in [-0.4, -0.2) is 43.1 Å². The fourth-order valence-corrected chi connectivity index (χ4v) is 4.77. The van der Waals surface area contributed by atoms with Gasteiger partial charge in [-0.1, -0.05) is 12.5 Å². The van der Waals surface area contributed by atoms with Crippen LogP contribution in [0.5, 0.6) is 11.5 Å². The van der Waals surface area contributed by atoms with Crippen molar-refractivity contribution < 1.29 is 14.3 Å². The van der Waals surface area contributed by atoms with Crippen molar-refractivity contribution in [2.24, 2.45) is 0 Å². The second-order valence-corrected chi connectivity index (χ2v) is 8.14. The second-order valence-electron chi connectivity index (χ2n) is 8.14. The summed E-state index contributed by atoms with van der Waals surface area (Å²) in [5, 5.41) is 4.07. The first-order valence-corrected chi connectivity index (χ1v) is 10.6. The van der Waals surface area contributed by atoms with E-state index in [4.69, 9.17) is 9.47 Å². The Bertz CT molecular complexity index is 1120. The number of benzene rings is 2. The number of carbonyl (C=O) groups is 1. The number of hydrogen-bond donors (Lipinski definition) is 2. The number of piperidine rings is 1. The molecular formula is C24H28ClN3O3. The number of amides is 1. The van der Waals surface area contributed by atoms with E-state index < -0.39 is 0 Å². The molecule has 2 aromatic carbocycles. The monoisotopic (exact) mass is 441 g/mol. The smallest absolute Gasteiger partial charge is 0.252 e. The van der Waals surface area contributed by atoms with E-state index in [1.54, 1.807) is 14.2 Å². The van der Waals surface area contributed by atoms with E-state index in [0.29, 0.717) is 23.6 Å². The van der Waals surface area contributed by atoms with Crippen molar-refractivity contribution in [2.45, 2.75) is 32.4 Å². The third kappa shape index (κ3) is 3.86. The van der Waals surface area contributed by atoms with Gasteiger partial charge in [-0.3, -0.25) is 9.69 Å². The van der Waals surface area contributed by atoms with Gasteiger partial charge >= 0.3 is 0 Å². The van der Waals surface area contributed by atoms with Crippen molar-refractivity contribution in [3.8, 4) is 22.8 Å². The molecule has 2 aliphatic heterocycles. The van der Waals surface area contributed by atoms with E-state index in [1.165, 1.54) is 37.9 Å². The van der Waals surface area contributed by atoms with Crippen LogP contribution < -0.4 is 14.8 Å². The van der Waals surface area contributed by atoms with Crippen LogP contribution in [0, 0.1) is 0 Å². The Balaban J connectivity index is 0.00000231. The predicted molar refractivity (Wildman–Crippen MR) is 124 cm³/mol. The standard InChI is InChI=1S/C24H27N3O3.ClH/c1-29-21-12-17(22-18(23(21)30-2)13-25-24(22)28)20-11-16-10-15(6-7-19(16)26-20)14-27-8-4-3-5-9-27;/h6-7,10-12,26H,3-5,8-9,13-14H2,1-2H3,(H,25,28);1H. The highest BCUT2D eigenvalue weighted by atomic mass is 35.5.